The van der Waals surface area contributed by atoms with Crippen LogP contribution in [0.2, 0.25) is 0 Å². The van der Waals surface area contributed by atoms with Crippen molar-refractivity contribution in [2.75, 3.05) is 24.7 Å². The molecule has 2 aromatic rings. The van der Waals surface area contributed by atoms with Gasteiger partial charge in [0.1, 0.15) is 0 Å². The van der Waals surface area contributed by atoms with Gasteiger partial charge in [0.05, 0.1) is 22.6 Å². The number of amides is 1. The fourth-order valence-electron chi connectivity index (χ4n) is 4.92. The third-order valence-electron chi connectivity index (χ3n) is 6.48. The summed E-state index contributed by atoms with van der Waals surface area (Å²) in [6.07, 6.45) is 4.06. The van der Waals surface area contributed by atoms with Gasteiger partial charge in [0, 0.05) is 23.7 Å². The zero-order valence-electron chi connectivity index (χ0n) is 19.6. The minimum Gasteiger partial charge on any atom is -0.452 e. The molecule has 1 amide bonds. The molecule has 1 aromatic carbocycles. The van der Waals surface area contributed by atoms with Crippen LogP contribution in [0.4, 0.5) is 0 Å². The number of fused-ring (bicyclic) bond motifs is 2. The monoisotopic (exact) mass is 472 g/mol. The van der Waals surface area contributed by atoms with E-state index in [2.05, 4.69) is 0 Å². The zero-order valence-corrected chi connectivity index (χ0v) is 20.4. The topological polar surface area (TPSA) is 93.6 Å². The van der Waals surface area contributed by atoms with Crippen LogP contribution < -0.4 is 0 Å². The Morgan fingerprint density at radius 1 is 1.21 bits per heavy atom. The van der Waals surface area contributed by atoms with Crippen LogP contribution in [0.25, 0.3) is 10.9 Å². The third-order valence-corrected chi connectivity index (χ3v) is 8.23. The minimum atomic E-state index is -3.13. The van der Waals surface area contributed by atoms with Crippen LogP contribution in [0.3, 0.4) is 0 Å². The number of hydrogen-bond donors (Lipinski definition) is 0. The summed E-state index contributed by atoms with van der Waals surface area (Å²) in [6.45, 7) is 5.97. The Bertz CT molecular complexity index is 1190. The molecule has 2 heterocycles. The number of nitrogens with zero attached hydrogens (tertiary/aromatic N) is 2. The van der Waals surface area contributed by atoms with Crippen molar-refractivity contribution in [1.82, 2.24) is 9.88 Å². The van der Waals surface area contributed by atoms with E-state index in [-0.39, 0.29) is 29.4 Å². The van der Waals surface area contributed by atoms with Crippen molar-refractivity contribution in [2.24, 2.45) is 5.92 Å². The van der Waals surface area contributed by atoms with Crippen molar-refractivity contribution in [2.45, 2.75) is 58.9 Å². The Morgan fingerprint density at radius 2 is 1.97 bits per heavy atom. The molecule has 0 radical (unpaired) electrons. The molecule has 1 atom stereocenters. The number of esters is 1. The highest BCUT2D eigenvalue weighted by molar-refractivity contribution is 7.91. The molecule has 1 fully saturated rings. The maximum atomic E-state index is 13.3. The number of aromatic nitrogens is 1. The van der Waals surface area contributed by atoms with Crippen LogP contribution in [0.15, 0.2) is 18.2 Å². The summed E-state index contributed by atoms with van der Waals surface area (Å²) >= 11 is 0. The van der Waals surface area contributed by atoms with E-state index >= 15 is 0 Å². The molecule has 8 heteroatoms. The number of benzene rings is 1. The standard InChI is InChI=1S/C25H32N2O5S/c1-16(2)13-27(18-10-11-33(30,31)15-18)23(28)14-32-25(29)24-19-6-4-5-7-21(19)26-22-9-8-17(3)12-20(22)24/h8-9,12,16,18H,4-7,10-11,13-15H2,1-3H3. The average Bonchev–Trinajstić information content (AvgIpc) is 3.13. The molecular formula is C25H32N2O5S. The van der Waals surface area contributed by atoms with Gasteiger partial charge in [-0.1, -0.05) is 25.5 Å². The number of pyridine rings is 1. The van der Waals surface area contributed by atoms with E-state index in [0.717, 1.165) is 53.4 Å². The molecular weight excluding hydrogens is 440 g/mol. The molecule has 1 unspecified atom stereocenters. The number of carbonyl (C=O) groups is 2. The van der Waals surface area contributed by atoms with Crippen molar-refractivity contribution in [1.29, 1.82) is 0 Å². The molecule has 4 rings (SSSR count). The highest BCUT2D eigenvalue weighted by atomic mass is 32.2. The Balaban J connectivity index is 1.58. The minimum absolute atomic E-state index is 0.0266. The molecule has 1 aliphatic carbocycles. The second-order valence-electron chi connectivity index (χ2n) is 9.71. The quantitative estimate of drug-likeness (QED) is 0.599. The second-order valence-corrected chi connectivity index (χ2v) is 11.9. The molecule has 178 valence electrons. The lowest BCUT2D eigenvalue weighted by Crippen LogP contribution is -2.45. The van der Waals surface area contributed by atoms with Crippen LogP contribution in [-0.4, -0.2) is 60.9 Å². The molecule has 0 spiro atoms. The van der Waals surface area contributed by atoms with E-state index in [1.165, 1.54) is 0 Å². The number of ether oxygens (including phenoxy) is 1. The van der Waals surface area contributed by atoms with E-state index in [4.69, 9.17) is 9.72 Å². The highest BCUT2D eigenvalue weighted by Gasteiger charge is 2.35. The fraction of sp³-hybridized carbons (Fsp3) is 0.560. The first-order valence-corrected chi connectivity index (χ1v) is 13.6. The van der Waals surface area contributed by atoms with E-state index in [9.17, 15) is 18.0 Å². The van der Waals surface area contributed by atoms with Gasteiger partial charge >= 0.3 is 5.97 Å². The second kappa shape index (κ2) is 9.41. The molecule has 7 nitrogen and oxygen atoms in total. The summed E-state index contributed by atoms with van der Waals surface area (Å²) in [5.41, 5.74) is 4.17. The Kier molecular flexibility index (Phi) is 6.75. The number of sulfone groups is 1. The van der Waals surface area contributed by atoms with Gasteiger partial charge < -0.3 is 9.64 Å². The summed E-state index contributed by atoms with van der Waals surface area (Å²) in [7, 11) is -3.13. The van der Waals surface area contributed by atoms with E-state index < -0.39 is 22.4 Å². The van der Waals surface area contributed by atoms with Gasteiger partial charge in [0.2, 0.25) is 0 Å². The lowest BCUT2D eigenvalue weighted by atomic mass is 9.89. The third kappa shape index (κ3) is 5.21. The van der Waals surface area contributed by atoms with Crippen molar-refractivity contribution in [3.63, 3.8) is 0 Å². The molecule has 1 aromatic heterocycles. The summed E-state index contributed by atoms with van der Waals surface area (Å²) in [6, 6.07) is 5.49. The van der Waals surface area contributed by atoms with Gasteiger partial charge in [-0.15, -0.1) is 0 Å². The SMILES string of the molecule is Cc1ccc2nc3c(c(C(=O)OCC(=O)N(CC(C)C)C4CCS(=O)(=O)C4)c2c1)CCCC3. The van der Waals surface area contributed by atoms with Gasteiger partial charge in [-0.2, -0.15) is 0 Å². The summed E-state index contributed by atoms with van der Waals surface area (Å²) in [4.78, 5) is 32.7. The summed E-state index contributed by atoms with van der Waals surface area (Å²) < 4.78 is 29.5. The average molecular weight is 473 g/mol. The number of rotatable bonds is 6. The van der Waals surface area contributed by atoms with Crippen molar-refractivity contribution < 1.29 is 22.7 Å². The van der Waals surface area contributed by atoms with Crippen LogP contribution in [-0.2, 0) is 32.2 Å². The van der Waals surface area contributed by atoms with Gasteiger partial charge in [-0.3, -0.25) is 9.78 Å². The molecule has 0 saturated carbocycles. The first-order chi connectivity index (χ1) is 15.6. The van der Waals surface area contributed by atoms with Gasteiger partial charge in [0.25, 0.3) is 5.91 Å². The largest absolute Gasteiger partial charge is 0.452 e. The van der Waals surface area contributed by atoms with Crippen LogP contribution >= 0.6 is 0 Å². The summed E-state index contributed by atoms with van der Waals surface area (Å²) in [5.74, 6) is -0.618. The summed E-state index contributed by atoms with van der Waals surface area (Å²) in [5, 5.41) is 0.758. The molecule has 1 aliphatic heterocycles. The lowest BCUT2D eigenvalue weighted by molar-refractivity contribution is -0.137. The Morgan fingerprint density at radius 3 is 2.67 bits per heavy atom. The van der Waals surface area contributed by atoms with Gasteiger partial charge in [-0.05, 0) is 62.6 Å². The lowest BCUT2D eigenvalue weighted by Gasteiger charge is -2.30. The fourth-order valence-corrected chi connectivity index (χ4v) is 6.65. The Hall–Kier alpha value is -2.48. The number of hydrogen-bond acceptors (Lipinski definition) is 6. The molecule has 1 saturated heterocycles. The van der Waals surface area contributed by atoms with Gasteiger partial charge in [0.15, 0.2) is 16.4 Å². The normalized spacial score (nSPS) is 19.5. The van der Waals surface area contributed by atoms with E-state index in [1.807, 2.05) is 39.0 Å². The van der Waals surface area contributed by atoms with E-state index in [0.29, 0.717) is 18.5 Å². The van der Waals surface area contributed by atoms with Gasteiger partial charge in [-0.25, -0.2) is 13.2 Å². The zero-order chi connectivity index (χ0) is 23.8. The molecule has 2 aliphatic rings. The molecule has 0 N–H and O–H groups in total. The molecule has 0 bridgehead atoms. The maximum absolute atomic E-state index is 13.3. The maximum Gasteiger partial charge on any atom is 0.339 e. The predicted molar refractivity (Wildman–Crippen MR) is 127 cm³/mol. The first-order valence-electron chi connectivity index (χ1n) is 11.7. The van der Waals surface area contributed by atoms with Crippen LogP contribution in [0.5, 0.6) is 0 Å². The van der Waals surface area contributed by atoms with Crippen LogP contribution in [0.1, 0.15) is 60.3 Å². The predicted octanol–water partition coefficient (Wildman–Crippen LogP) is 3.25. The molecule has 33 heavy (non-hydrogen) atoms. The van der Waals surface area contributed by atoms with Crippen LogP contribution in [0, 0.1) is 12.8 Å². The number of aryl methyl sites for hydroxylation is 2. The first kappa shape index (κ1) is 23.7. The van der Waals surface area contributed by atoms with Crippen molar-refractivity contribution >= 4 is 32.6 Å². The number of carbonyl (C=O) groups excluding carboxylic acids is 2. The van der Waals surface area contributed by atoms with Crippen molar-refractivity contribution in [3.05, 3.63) is 40.6 Å². The Labute approximate surface area is 195 Å². The smallest absolute Gasteiger partial charge is 0.339 e. The van der Waals surface area contributed by atoms with E-state index in [1.54, 1.807) is 4.90 Å². The highest BCUT2D eigenvalue weighted by Crippen LogP contribution is 2.30. The van der Waals surface area contributed by atoms with Crippen molar-refractivity contribution in [3.8, 4) is 0 Å².